The second-order valence-electron chi connectivity index (χ2n) is 3.33. The van der Waals surface area contributed by atoms with Gasteiger partial charge in [-0.2, -0.15) is 0 Å². The number of aliphatic hydroxyl groups excluding tert-OH is 1. The Morgan fingerprint density at radius 1 is 1.57 bits per heavy atom. The first-order chi connectivity index (χ1) is 6.65. The molecule has 2 rings (SSSR count). The number of rotatable bonds is 2. The van der Waals surface area contributed by atoms with Gasteiger partial charge in [-0.1, -0.05) is 6.58 Å². The van der Waals surface area contributed by atoms with Gasteiger partial charge in [-0.05, 0) is 5.57 Å². The summed E-state index contributed by atoms with van der Waals surface area (Å²) in [6, 6.07) is 1.12. The fraction of sp³-hybridized carbons (Fsp3) is 0.333. The van der Waals surface area contributed by atoms with Gasteiger partial charge < -0.3 is 5.11 Å². The number of H-pyrrole nitrogens is 1. The van der Waals surface area contributed by atoms with Crippen LogP contribution in [0.25, 0.3) is 0 Å². The second kappa shape index (κ2) is 2.95. The Morgan fingerprint density at radius 2 is 2.29 bits per heavy atom. The molecule has 2 atom stereocenters. The number of hydrogen-bond donors (Lipinski definition) is 2. The highest BCUT2D eigenvalue weighted by molar-refractivity contribution is 5.29. The van der Waals surface area contributed by atoms with Crippen LogP contribution in [-0.2, 0) is 0 Å². The van der Waals surface area contributed by atoms with Gasteiger partial charge in [-0.25, -0.2) is 4.79 Å². The lowest BCUT2D eigenvalue weighted by Gasteiger charge is -2.00. The highest BCUT2D eigenvalue weighted by Crippen LogP contribution is 2.47. The third kappa shape index (κ3) is 1.22. The van der Waals surface area contributed by atoms with Crippen molar-refractivity contribution < 1.29 is 5.11 Å². The molecular formula is C9H10N2O3. The van der Waals surface area contributed by atoms with E-state index in [0.29, 0.717) is 0 Å². The topological polar surface area (TPSA) is 75.1 Å². The highest BCUT2D eigenvalue weighted by Gasteiger charge is 2.43. The number of hydrogen-bond acceptors (Lipinski definition) is 3. The van der Waals surface area contributed by atoms with Crippen LogP contribution in [0.15, 0.2) is 34.0 Å². The van der Waals surface area contributed by atoms with E-state index in [1.165, 1.54) is 16.8 Å². The predicted molar refractivity (Wildman–Crippen MR) is 50.1 cm³/mol. The van der Waals surface area contributed by atoms with Crippen molar-refractivity contribution in [1.29, 1.82) is 0 Å². The summed E-state index contributed by atoms with van der Waals surface area (Å²) < 4.78 is 1.38. The molecule has 2 unspecified atom stereocenters. The Labute approximate surface area is 79.3 Å². The summed E-state index contributed by atoms with van der Waals surface area (Å²) in [5.74, 6) is -0.0568. The van der Waals surface area contributed by atoms with Crippen LogP contribution in [0.3, 0.4) is 0 Å². The molecule has 1 aliphatic carbocycles. The molecule has 0 aliphatic heterocycles. The van der Waals surface area contributed by atoms with Gasteiger partial charge >= 0.3 is 5.69 Å². The van der Waals surface area contributed by atoms with Crippen molar-refractivity contribution in [2.75, 3.05) is 6.61 Å². The fourth-order valence-corrected chi connectivity index (χ4v) is 1.59. The van der Waals surface area contributed by atoms with Crippen molar-refractivity contribution in [3.63, 3.8) is 0 Å². The van der Waals surface area contributed by atoms with Crippen LogP contribution in [0.1, 0.15) is 6.04 Å². The van der Waals surface area contributed by atoms with Gasteiger partial charge in [0.05, 0.1) is 12.6 Å². The molecule has 0 saturated heterocycles. The standard InChI is InChI=1S/C9H10N2O3/c1-5-6(4-12)8(5)11-3-2-7(13)10-9(11)14/h2-3,6,8,12H,1,4H2,(H,10,13,14). The van der Waals surface area contributed by atoms with Crippen LogP contribution in [0.2, 0.25) is 0 Å². The van der Waals surface area contributed by atoms with Gasteiger partial charge in [0.2, 0.25) is 0 Å². The third-order valence-corrected chi connectivity index (χ3v) is 2.48. The van der Waals surface area contributed by atoms with Crippen LogP contribution in [0.4, 0.5) is 0 Å². The highest BCUT2D eigenvalue weighted by atomic mass is 16.3. The molecule has 0 spiro atoms. The lowest BCUT2D eigenvalue weighted by molar-refractivity contribution is 0.271. The molecule has 1 saturated carbocycles. The molecule has 14 heavy (non-hydrogen) atoms. The van der Waals surface area contributed by atoms with Gasteiger partial charge in [-0.3, -0.25) is 14.3 Å². The number of nitrogens with one attached hydrogen (secondary N) is 1. The molecule has 0 bridgehead atoms. The van der Waals surface area contributed by atoms with Gasteiger partial charge in [0.25, 0.3) is 5.56 Å². The molecule has 0 aromatic carbocycles. The van der Waals surface area contributed by atoms with Gasteiger partial charge in [0.15, 0.2) is 0 Å². The van der Waals surface area contributed by atoms with Crippen LogP contribution in [0.5, 0.6) is 0 Å². The second-order valence-corrected chi connectivity index (χ2v) is 3.33. The van der Waals surface area contributed by atoms with Crippen molar-refractivity contribution in [2.45, 2.75) is 6.04 Å². The quantitative estimate of drug-likeness (QED) is 0.608. The maximum absolute atomic E-state index is 11.3. The smallest absolute Gasteiger partial charge is 0.328 e. The molecule has 0 radical (unpaired) electrons. The summed E-state index contributed by atoms with van der Waals surface area (Å²) in [4.78, 5) is 24.2. The van der Waals surface area contributed by atoms with E-state index < -0.39 is 11.2 Å². The van der Waals surface area contributed by atoms with Crippen molar-refractivity contribution in [1.82, 2.24) is 9.55 Å². The van der Waals surface area contributed by atoms with E-state index in [2.05, 4.69) is 11.6 Å². The van der Waals surface area contributed by atoms with Crippen molar-refractivity contribution in [3.8, 4) is 0 Å². The summed E-state index contributed by atoms with van der Waals surface area (Å²) in [5.41, 5.74) is -0.0562. The average Bonchev–Trinajstić information content (AvgIpc) is 2.76. The van der Waals surface area contributed by atoms with Crippen LogP contribution < -0.4 is 11.2 Å². The van der Waals surface area contributed by atoms with Crippen LogP contribution in [0, 0.1) is 5.92 Å². The summed E-state index contributed by atoms with van der Waals surface area (Å²) in [6.07, 6.45) is 1.42. The molecular weight excluding hydrogens is 184 g/mol. The molecule has 5 nitrogen and oxygen atoms in total. The summed E-state index contributed by atoms with van der Waals surface area (Å²) in [6.45, 7) is 3.71. The molecule has 1 aromatic heterocycles. The molecule has 1 heterocycles. The number of aromatic nitrogens is 2. The van der Waals surface area contributed by atoms with E-state index in [9.17, 15) is 9.59 Å². The van der Waals surface area contributed by atoms with E-state index in [4.69, 9.17) is 5.11 Å². The first-order valence-corrected chi connectivity index (χ1v) is 4.26. The molecule has 1 aliphatic rings. The lowest BCUT2D eigenvalue weighted by atomic mass is 10.4. The predicted octanol–water partition coefficient (Wildman–Crippen LogP) is -0.744. The van der Waals surface area contributed by atoms with Crippen molar-refractivity contribution in [2.24, 2.45) is 5.92 Å². The minimum atomic E-state index is -0.459. The number of aliphatic hydroxyl groups is 1. The zero-order valence-electron chi connectivity index (χ0n) is 7.43. The monoisotopic (exact) mass is 194 g/mol. The zero-order valence-corrected chi connectivity index (χ0v) is 7.43. The van der Waals surface area contributed by atoms with Gasteiger partial charge in [0, 0.05) is 18.2 Å². The summed E-state index contributed by atoms with van der Waals surface area (Å²) >= 11 is 0. The number of aromatic amines is 1. The Kier molecular flexibility index (Phi) is 1.89. The normalized spacial score (nSPS) is 25.1. The maximum Gasteiger partial charge on any atom is 0.328 e. The maximum atomic E-state index is 11.3. The lowest BCUT2D eigenvalue weighted by Crippen LogP contribution is -2.28. The summed E-state index contributed by atoms with van der Waals surface area (Å²) in [5, 5.41) is 8.91. The minimum absolute atomic E-state index is 0.0188. The largest absolute Gasteiger partial charge is 0.396 e. The molecule has 74 valence electrons. The molecule has 1 fully saturated rings. The zero-order chi connectivity index (χ0) is 10.3. The van der Waals surface area contributed by atoms with E-state index in [-0.39, 0.29) is 18.6 Å². The van der Waals surface area contributed by atoms with Crippen molar-refractivity contribution >= 4 is 0 Å². The third-order valence-electron chi connectivity index (χ3n) is 2.48. The summed E-state index contributed by atoms with van der Waals surface area (Å²) in [7, 11) is 0. The molecule has 0 amide bonds. The van der Waals surface area contributed by atoms with Crippen molar-refractivity contribution in [3.05, 3.63) is 45.3 Å². The van der Waals surface area contributed by atoms with E-state index in [1.54, 1.807) is 0 Å². The first kappa shape index (κ1) is 8.96. The van der Waals surface area contributed by atoms with Crippen LogP contribution in [-0.4, -0.2) is 21.3 Å². The van der Waals surface area contributed by atoms with E-state index >= 15 is 0 Å². The molecule has 2 N–H and O–H groups in total. The fourth-order valence-electron chi connectivity index (χ4n) is 1.59. The minimum Gasteiger partial charge on any atom is -0.396 e. The average molecular weight is 194 g/mol. The Bertz CT molecular complexity index is 485. The van der Waals surface area contributed by atoms with E-state index in [0.717, 1.165) is 5.57 Å². The van der Waals surface area contributed by atoms with Gasteiger partial charge in [0.1, 0.15) is 0 Å². The first-order valence-electron chi connectivity index (χ1n) is 4.26. The SMILES string of the molecule is C=C1C(CO)C1n1ccc(=O)[nH]c1=O. The van der Waals surface area contributed by atoms with Gasteiger partial charge in [-0.15, -0.1) is 0 Å². The number of nitrogens with zero attached hydrogens (tertiary/aromatic N) is 1. The Balaban J connectivity index is 2.40. The van der Waals surface area contributed by atoms with E-state index in [1.807, 2.05) is 0 Å². The Hall–Kier alpha value is -1.62. The van der Waals surface area contributed by atoms with Crippen LogP contribution >= 0.6 is 0 Å². The molecule has 5 heteroatoms. The molecule has 1 aromatic rings. The Morgan fingerprint density at radius 3 is 2.79 bits per heavy atom.